The van der Waals surface area contributed by atoms with Crippen molar-refractivity contribution in [3.63, 3.8) is 0 Å². The van der Waals surface area contributed by atoms with Crippen LogP contribution >= 0.6 is 0 Å². The van der Waals surface area contributed by atoms with E-state index in [9.17, 15) is 4.79 Å². The fraction of sp³-hybridized carbons (Fsp3) is 0.545. The van der Waals surface area contributed by atoms with Gasteiger partial charge in [0.1, 0.15) is 0 Å². The molecule has 0 unspecified atom stereocenters. The lowest BCUT2D eigenvalue weighted by Gasteiger charge is -2.02. The average molecular weight is 195 g/mol. The molecule has 0 saturated carbocycles. The number of rotatable bonds is 5. The highest BCUT2D eigenvalue weighted by Crippen LogP contribution is 2.01. The molecule has 3 heteroatoms. The number of unbranched alkanes of at least 4 members (excludes halogenated alkanes) is 1. The lowest BCUT2D eigenvalue weighted by atomic mass is 10.1. The van der Waals surface area contributed by atoms with E-state index in [4.69, 9.17) is 4.74 Å². The Bertz CT molecular complexity index is 330. The maximum absolute atomic E-state index is 11.5. The summed E-state index contributed by atoms with van der Waals surface area (Å²) in [6.45, 7) is 2.51. The van der Waals surface area contributed by atoms with Crippen LogP contribution in [0.4, 0.5) is 0 Å². The largest absolute Gasteiger partial charge is 0.380 e. The summed E-state index contributed by atoms with van der Waals surface area (Å²) < 4.78 is 4.91. The fourth-order valence-corrected chi connectivity index (χ4v) is 1.33. The molecule has 1 aromatic rings. The number of H-pyrrole nitrogens is 1. The van der Waals surface area contributed by atoms with E-state index in [1.807, 2.05) is 12.1 Å². The van der Waals surface area contributed by atoms with Gasteiger partial charge in [-0.2, -0.15) is 0 Å². The molecule has 0 bridgehead atoms. The molecular formula is C11H17NO2. The predicted molar refractivity (Wildman–Crippen MR) is 56.4 cm³/mol. The lowest BCUT2D eigenvalue weighted by molar-refractivity contribution is 0.183. The summed E-state index contributed by atoms with van der Waals surface area (Å²) in [7, 11) is 1.59. The molecular weight excluding hydrogens is 178 g/mol. The van der Waals surface area contributed by atoms with Gasteiger partial charge in [0, 0.05) is 18.4 Å². The van der Waals surface area contributed by atoms with Crippen molar-refractivity contribution in [2.75, 3.05) is 7.11 Å². The molecule has 0 aliphatic carbocycles. The second-order valence-corrected chi connectivity index (χ2v) is 3.37. The van der Waals surface area contributed by atoms with E-state index >= 15 is 0 Å². The van der Waals surface area contributed by atoms with Crippen LogP contribution in [0.3, 0.4) is 0 Å². The van der Waals surface area contributed by atoms with Crippen molar-refractivity contribution in [3.05, 3.63) is 33.7 Å². The second-order valence-electron chi connectivity index (χ2n) is 3.37. The van der Waals surface area contributed by atoms with Gasteiger partial charge in [-0.25, -0.2) is 0 Å². The maximum atomic E-state index is 11.5. The molecule has 0 aromatic carbocycles. The lowest BCUT2D eigenvalue weighted by Crippen LogP contribution is -2.14. The number of aryl methyl sites for hydroxylation is 1. The van der Waals surface area contributed by atoms with Crippen molar-refractivity contribution < 1.29 is 4.74 Å². The van der Waals surface area contributed by atoms with Gasteiger partial charge in [-0.1, -0.05) is 13.3 Å². The highest BCUT2D eigenvalue weighted by molar-refractivity contribution is 5.13. The van der Waals surface area contributed by atoms with Crippen molar-refractivity contribution >= 4 is 0 Å². The van der Waals surface area contributed by atoms with Crippen molar-refractivity contribution in [3.8, 4) is 0 Å². The molecule has 14 heavy (non-hydrogen) atoms. The van der Waals surface area contributed by atoms with E-state index in [-0.39, 0.29) is 5.56 Å². The van der Waals surface area contributed by atoms with Gasteiger partial charge in [-0.3, -0.25) is 4.79 Å². The minimum atomic E-state index is -0.0274. The summed E-state index contributed by atoms with van der Waals surface area (Å²) >= 11 is 0. The van der Waals surface area contributed by atoms with Gasteiger partial charge in [-0.15, -0.1) is 0 Å². The Kier molecular flexibility index (Phi) is 4.40. The Morgan fingerprint density at radius 1 is 1.43 bits per heavy atom. The fourth-order valence-electron chi connectivity index (χ4n) is 1.33. The molecule has 1 rings (SSSR count). The number of aromatic nitrogens is 1. The molecule has 0 radical (unpaired) electrons. The molecule has 0 saturated heterocycles. The first kappa shape index (κ1) is 11.0. The van der Waals surface area contributed by atoms with Gasteiger partial charge in [0.25, 0.3) is 5.56 Å². The van der Waals surface area contributed by atoms with Gasteiger partial charge in [0.05, 0.1) is 6.61 Å². The summed E-state index contributed by atoms with van der Waals surface area (Å²) in [6, 6.07) is 3.80. The highest BCUT2D eigenvalue weighted by Gasteiger charge is 1.99. The molecule has 0 atom stereocenters. The smallest absolute Gasteiger partial charge is 0.253 e. The molecule has 3 nitrogen and oxygen atoms in total. The van der Waals surface area contributed by atoms with E-state index in [0.29, 0.717) is 12.2 Å². The minimum absolute atomic E-state index is 0.0274. The monoisotopic (exact) mass is 195 g/mol. The molecule has 1 aromatic heterocycles. The third kappa shape index (κ3) is 3.00. The Hall–Kier alpha value is -1.09. The summed E-state index contributed by atoms with van der Waals surface area (Å²) in [5, 5.41) is 0. The molecule has 0 spiro atoms. The van der Waals surface area contributed by atoms with E-state index in [1.54, 1.807) is 7.11 Å². The quantitative estimate of drug-likeness (QED) is 0.779. The molecule has 0 aliphatic heterocycles. The van der Waals surface area contributed by atoms with Crippen molar-refractivity contribution in [2.45, 2.75) is 32.8 Å². The first-order valence-electron chi connectivity index (χ1n) is 4.98. The first-order valence-corrected chi connectivity index (χ1v) is 4.98. The third-order valence-corrected chi connectivity index (χ3v) is 2.15. The van der Waals surface area contributed by atoms with Gasteiger partial charge in [0.2, 0.25) is 0 Å². The van der Waals surface area contributed by atoms with Crippen molar-refractivity contribution in [2.24, 2.45) is 0 Å². The van der Waals surface area contributed by atoms with Gasteiger partial charge in [0.15, 0.2) is 0 Å². The number of aromatic amines is 1. The van der Waals surface area contributed by atoms with Crippen molar-refractivity contribution in [1.29, 1.82) is 0 Å². The molecule has 1 heterocycles. The Morgan fingerprint density at radius 2 is 2.21 bits per heavy atom. The predicted octanol–water partition coefficient (Wildman–Crippen LogP) is 1.86. The van der Waals surface area contributed by atoms with Crippen LogP contribution in [0.1, 0.15) is 31.0 Å². The van der Waals surface area contributed by atoms with Gasteiger partial charge in [-0.05, 0) is 25.0 Å². The van der Waals surface area contributed by atoms with Gasteiger partial charge >= 0.3 is 0 Å². The van der Waals surface area contributed by atoms with Crippen LogP contribution in [0.2, 0.25) is 0 Å². The number of nitrogens with one attached hydrogen (secondary N) is 1. The molecule has 0 amide bonds. The SMILES string of the molecule is CCCCc1ccc(COC)c(=O)[nH]1. The highest BCUT2D eigenvalue weighted by atomic mass is 16.5. The Balaban J connectivity index is 2.73. The number of hydrogen-bond acceptors (Lipinski definition) is 2. The van der Waals surface area contributed by atoms with Crippen LogP contribution in [-0.4, -0.2) is 12.1 Å². The van der Waals surface area contributed by atoms with Gasteiger partial charge < -0.3 is 9.72 Å². The summed E-state index contributed by atoms with van der Waals surface area (Å²) in [5.74, 6) is 0. The first-order chi connectivity index (χ1) is 6.77. The summed E-state index contributed by atoms with van der Waals surface area (Å²) in [4.78, 5) is 14.3. The topological polar surface area (TPSA) is 42.1 Å². The molecule has 0 aliphatic rings. The zero-order valence-corrected chi connectivity index (χ0v) is 8.80. The van der Waals surface area contributed by atoms with Crippen LogP contribution in [0, 0.1) is 0 Å². The molecule has 1 N–H and O–H groups in total. The minimum Gasteiger partial charge on any atom is -0.380 e. The summed E-state index contributed by atoms with van der Waals surface area (Å²) in [5.41, 5.74) is 1.67. The number of methoxy groups -OCH3 is 1. The number of hydrogen-bond donors (Lipinski definition) is 1. The normalized spacial score (nSPS) is 10.4. The average Bonchev–Trinajstić information content (AvgIpc) is 2.19. The third-order valence-electron chi connectivity index (χ3n) is 2.15. The number of pyridine rings is 1. The van der Waals surface area contributed by atoms with E-state index < -0.39 is 0 Å². The van der Waals surface area contributed by atoms with Crippen LogP contribution in [0.15, 0.2) is 16.9 Å². The zero-order valence-electron chi connectivity index (χ0n) is 8.80. The van der Waals surface area contributed by atoms with Crippen LogP contribution < -0.4 is 5.56 Å². The Morgan fingerprint density at radius 3 is 2.79 bits per heavy atom. The van der Waals surface area contributed by atoms with Crippen LogP contribution in [0.5, 0.6) is 0 Å². The molecule has 78 valence electrons. The second kappa shape index (κ2) is 5.60. The number of ether oxygens (including phenoxy) is 1. The van der Waals surface area contributed by atoms with E-state index in [0.717, 1.165) is 25.0 Å². The van der Waals surface area contributed by atoms with Crippen LogP contribution in [0.25, 0.3) is 0 Å². The van der Waals surface area contributed by atoms with Crippen molar-refractivity contribution in [1.82, 2.24) is 4.98 Å². The molecule has 0 fully saturated rings. The Labute approximate surface area is 84.1 Å². The zero-order chi connectivity index (χ0) is 10.4. The van der Waals surface area contributed by atoms with E-state index in [2.05, 4.69) is 11.9 Å². The maximum Gasteiger partial charge on any atom is 0.253 e. The van der Waals surface area contributed by atoms with E-state index in [1.165, 1.54) is 0 Å². The summed E-state index contributed by atoms with van der Waals surface area (Å²) in [6.07, 6.45) is 3.19. The van der Waals surface area contributed by atoms with Crippen LogP contribution in [-0.2, 0) is 17.8 Å². The standard InChI is InChI=1S/C11H17NO2/c1-3-4-5-10-7-6-9(8-14-2)11(13)12-10/h6-7H,3-5,8H2,1-2H3,(H,12,13).